The molecular weight excluding hydrogens is 867 g/mol. The van der Waals surface area contributed by atoms with Gasteiger partial charge in [-0.1, -0.05) is 47.5 Å². The van der Waals surface area contributed by atoms with Crippen LogP contribution in [-0.2, 0) is 56.9 Å². The molecule has 2 bridgehead atoms. The summed E-state index contributed by atoms with van der Waals surface area (Å²) in [5.41, 5.74) is 3.14. The lowest BCUT2D eigenvalue weighted by molar-refractivity contribution is -0.148. The molecule has 0 radical (unpaired) electrons. The van der Waals surface area contributed by atoms with Crippen LogP contribution in [0.2, 0.25) is 10.0 Å². The van der Waals surface area contributed by atoms with Gasteiger partial charge in [0.15, 0.2) is 0 Å². The van der Waals surface area contributed by atoms with Crippen molar-refractivity contribution in [3.8, 4) is 22.8 Å². The molecular formula is C49H56Cl2N8O6. The first kappa shape index (κ1) is 47.2. The highest BCUT2D eigenvalue weighted by Crippen LogP contribution is 2.33. The predicted molar refractivity (Wildman–Crippen MR) is 249 cm³/mol. The van der Waals surface area contributed by atoms with Gasteiger partial charge in [0, 0.05) is 73.2 Å². The second kappa shape index (κ2) is 21.0. The molecule has 0 aliphatic carbocycles. The lowest BCUT2D eigenvalue weighted by Gasteiger charge is -2.45. The van der Waals surface area contributed by atoms with E-state index in [2.05, 4.69) is 30.1 Å². The van der Waals surface area contributed by atoms with Crippen LogP contribution in [-0.4, -0.2) is 111 Å². The number of benzene rings is 3. The van der Waals surface area contributed by atoms with Gasteiger partial charge in [-0.05, 0) is 107 Å². The normalized spacial score (nSPS) is 21.0. The van der Waals surface area contributed by atoms with E-state index in [0.717, 1.165) is 22.6 Å². The van der Waals surface area contributed by atoms with Crippen molar-refractivity contribution in [2.75, 3.05) is 40.9 Å². The largest absolute Gasteiger partial charge is 0.457 e. The number of nitrogens with zero attached hydrogens (tertiary/aromatic N) is 6. The van der Waals surface area contributed by atoms with Crippen molar-refractivity contribution in [3.63, 3.8) is 0 Å². The van der Waals surface area contributed by atoms with Crippen LogP contribution in [0.15, 0.2) is 97.3 Å². The molecule has 65 heavy (non-hydrogen) atoms. The van der Waals surface area contributed by atoms with E-state index in [9.17, 15) is 19.2 Å². The third-order valence-corrected chi connectivity index (χ3v) is 12.6. The maximum Gasteiger partial charge on any atom is 0.245 e. The molecule has 4 heterocycles. The number of methoxy groups -OCH3 is 1. The predicted octanol–water partition coefficient (Wildman–Crippen LogP) is 6.47. The Morgan fingerprint density at radius 1 is 0.923 bits per heavy atom. The Labute approximate surface area is 390 Å². The monoisotopic (exact) mass is 922 g/mol. The molecule has 2 N–H and O–H groups in total. The van der Waals surface area contributed by atoms with E-state index in [4.69, 9.17) is 32.7 Å². The van der Waals surface area contributed by atoms with E-state index in [1.54, 1.807) is 54.4 Å². The van der Waals surface area contributed by atoms with Gasteiger partial charge in [0.1, 0.15) is 29.4 Å². The van der Waals surface area contributed by atoms with Gasteiger partial charge in [-0.15, -0.1) is 0 Å². The number of imidazole rings is 1. The molecule has 0 spiro atoms. The van der Waals surface area contributed by atoms with Crippen molar-refractivity contribution in [2.24, 2.45) is 13.0 Å². The highest BCUT2D eigenvalue weighted by Gasteiger charge is 2.43. The van der Waals surface area contributed by atoms with Crippen LogP contribution in [0.3, 0.4) is 0 Å². The molecule has 2 aliphatic rings. The molecule has 7 rings (SSSR count). The number of hydrogen-bond acceptors (Lipinski definition) is 9. The SMILES string of the molecule is COCC1NC(=O)[C@H](C)N(Cc2ccc(Cl)cc2Oc2ccc(-c3cnc(CN(C)C)n3C)cc2)C(=O)C[C@@H](Cc2ccccn2)C(=O)N2CCCC(Cc3ccc(Cl)cc3)(C2)NC1=O. The quantitative estimate of drug-likeness (QED) is 0.135. The summed E-state index contributed by atoms with van der Waals surface area (Å²) in [7, 11) is 7.43. The second-order valence-electron chi connectivity index (χ2n) is 17.3. The van der Waals surface area contributed by atoms with E-state index in [0.29, 0.717) is 65.2 Å². The Bertz CT molecular complexity index is 2470. The number of carbonyl (C=O) groups is 4. The van der Waals surface area contributed by atoms with Crippen LogP contribution in [0.5, 0.6) is 11.5 Å². The molecule has 2 unspecified atom stereocenters. The molecule has 5 aromatic rings. The fourth-order valence-corrected chi connectivity index (χ4v) is 8.97. The summed E-state index contributed by atoms with van der Waals surface area (Å²) in [6.45, 7) is 2.72. The van der Waals surface area contributed by atoms with E-state index < -0.39 is 41.3 Å². The Morgan fingerprint density at radius 2 is 1.68 bits per heavy atom. The number of aromatic nitrogens is 3. The highest BCUT2D eigenvalue weighted by molar-refractivity contribution is 6.31. The second-order valence-corrected chi connectivity index (χ2v) is 18.2. The summed E-state index contributed by atoms with van der Waals surface area (Å²) in [5, 5.41) is 7.14. The maximum atomic E-state index is 14.9. The minimum absolute atomic E-state index is 0.0821. The molecule has 0 saturated carbocycles. The number of pyridine rings is 1. The summed E-state index contributed by atoms with van der Waals surface area (Å²) in [4.78, 5) is 72.9. The smallest absolute Gasteiger partial charge is 0.245 e. The zero-order chi connectivity index (χ0) is 46.3. The minimum atomic E-state index is -1.11. The third kappa shape index (κ3) is 11.7. The number of fused-ring (bicyclic) bond motifs is 2. The lowest BCUT2D eigenvalue weighted by atomic mass is 9.82. The number of piperidine rings is 1. The van der Waals surface area contributed by atoms with Crippen molar-refractivity contribution in [3.05, 3.63) is 130 Å². The molecule has 2 aromatic heterocycles. The third-order valence-electron chi connectivity index (χ3n) is 12.1. The maximum absolute atomic E-state index is 14.9. The summed E-state index contributed by atoms with van der Waals surface area (Å²) in [6, 6.07) is 23.4. The van der Waals surface area contributed by atoms with Crippen molar-refractivity contribution in [1.29, 1.82) is 0 Å². The number of hydrogen-bond donors (Lipinski definition) is 2. The lowest BCUT2D eigenvalue weighted by Crippen LogP contribution is -2.65. The molecule has 3 aromatic carbocycles. The van der Waals surface area contributed by atoms with Gasteiger partial charge >= 0.3 is 0 Å². The van der Waals surface area contributed by atoms with Gasteiger partial charge in [-0.3, -0.25) is 24.2 Å². The fraction of sp³-hybridized carbons (Fsp3) is 0.388. The topological polar surface area (TPSA) is 151 Å². The van der Waals surface area contributed by atoms with Crippen LogP contribution < -0.4 is 15.4 Å². The van der Waals surface area contributed by atoms with Crippen LogP contribution in [0.4, 0.5) is 0 Å². The number of halogens is 2. The molecule has 2 saturated heterocycles. The van der Waals surface area contributed by atoms with Gasteiger partial charge in [0.05, 0.1) is 43.0 Å². The number of ether oxygens (including phenoxy) is 2. The summed E-state index contributed by atoms with van der Waals surface area (Å²) in [5.74, 6) is -0.718. The molecule has 14 nitrogen and oxygen atoms in total. The first-order valence-electron chi connectivity index (χ1n) is 21.8. The van der Waals surface area contributed by atoms with Gasteiger partial charge in [-0.25, -0.2) is 4.98 Å². The van der Waals surface area contributed by atoms with Crippen molar-refractivity contribution >= 4 is 46.8 Å². The molecule has 2 aliphatic heterocycles. The summed E-state index contributed by atoms with van der Waals surface area (Å²) >= 11 is 12.8. The van der Waals surface area contributed by atoms with Crippen LogP contribution in [0.1, 0.15) is 48.8 Å². The van der Waals surface area contributed by atoms with E-state index in [1.165, 1.54) is 12.0 Å². The summed E-state index contributed by atoms with van der Waals surface area (Å²) < 4.78 is 14.0. The van der Waals surface area contributed by atoms with Crippen LogP contribution in [0, 0.1) is 5.92 Å². The van der Waals surface area contributed by atoms with Crippen LogP contribution >= 0.6 is 23.2 Å². The molecule has 342 valence electrons. The highest BCUT2D eigenvalue weighted by atomic mass is 35.5. The Morgan fingerprint density at radius 3 is 2.38 bits per heavy atom. The fourth-order valence-electron chi connectivity index (χ4n) is 8.68. The number of carbonyl (C=O) groups excluding carboxylic acids is 4. The average molecular weight is 924 g/mol. The zero-order valence-corrected chi connectivity index (χ0v) is 38.9. The first-order chi connectivity index (χ1) is 31.2. The molecule has 16 heteroatoms. The Hall–Kier alpha value is -5.80. The number of nitrogens with one attached hydrogen (secondary N) is 2. The van der Waals surface area contributed by atoms with Crippen molar-refractivity contribution < 1.29 is 28.7 Å². The van der Waals surface area contributed by atoms with E-state index in [-0.39, 0.29) is 38.4 Å². The van der Waals surface area contributed by atoms with E-state index in [1.807, 2.05) is 75.9 Å². The van der Waals surface area contributed by atoms with E-state index >= 15 is 0 Å². The minimum Gasteiger partial charge on any atom is -0.457 e. The van der Waals surface area contributed by atoms with Crippen molar-refractivity contribution in [1.82, 2.24) is 39.9 Å². The van der Waals surface area contributed by atoms with Crippen molar-refractivity contribution in [2.45, 2.75) is 69.7 Å². The summed E-state index contributed by atoms with van der Waals surface area (Å²) in [6.07, 6.45) is 5.05. The van der Waals surface area contributed by atoms with Gasteiger partial charge in [0.25, 0.3) is 0 Å². The Balaban J connectivity index is 1.21. The molecule has 4 atom stereocenters. The van der Waals surface area contributed by atoms with Gasteiger partial charge in [0.2, 0.25) is 23.6 Å². The standard InChI is InChI=1S/C49H56Cl2N8O6/c1-32-46(61)54-41(30-64-5)47(62)55-49(26-33-10-15-37(50)16-11-33)20-8-22-58(31-49)48(63)36(23-39-9-6-7-21-52-39)24-45(60)59(32)28-35-12-17-38(51)25-43(35)65-40-18-13-34(14-19-40)42-27-53-44(57(42)4)29-56(2)3/h6-7,9-19,21,25,27,32,36,41H,8,20,22-24,26,28-31H2,1-5H3,(H,54,61)(H,55,62)/t32-,36+,41?,49?/m0/s1. The first-order valence-corrected chi connectivity index (χ1v) is 22.5. The number of amides is 4. The Kier molecular flexibility index (Phi) is 15.2. The van der Waals surface area contributed by atoms with Gasteiger partial charge in [-0.2, -0.15) is 0 Å². The average Bonchev–Trinajstić information content (AvgIpc) is 3.64. The molecule has 2 fully saturated rings. The van der Waals surface area contributed by atoms with Crippen LogP contribution in [0.25, 0.3) is 11.3 Å². The zero-order valence-electron chi connectivity index (χ0n) is 37.4. The van der Waals surface area contributed by atoms with Gasteiger partial charge < -0.3 is 39.4 Å². The number of rotatable bonds is 13. The molecule has 4 amide bonds.